The van der Waals surface area contributed by atoms with Gasteiger partial charge in [-0.05, 0) is 18.3 Å². The van der Waals surface area contributed by atoms with Gasteiger partial charge in [-0.2, -0.15) is 5.10 Å². The number of halogens is 1. The van der Waals surface area contributed by atoms with Gasteiger partial charge in [0.2, 0.25) is 5.91 Å². The average Bonchev–Trinajstić information content (AvgIpc) is 3.00. The fourth-order valence-corrected chi connectivity index (χ4v) is 3.76. The maximum atomic E-state index is 12.6. The molecule has 8 heteroatoms. The molecule has 2 atom stereocenters. The van der Waals surface area contributed by atoms with Crippen molar-refractivity contribution in [2.24, 2.45) is 11.8 Å². The van der Waals surface area contributed by atoms with Crippen LogP contribution in [0.2, 0.25) is 5.02 Å². The highest BCUT2D eigenvalue weighted by atomic mass is 35.5. The Morgan fingerprint density at radius 1 is 1.33 bits per heavy atom. The number of amides is 1. The Bertz CT molecular complexity index is 547. The second-order valence-corrected chi connectivity index (χ2v) is 7.15. The summed E-state index contributed by atoms with van der Waals surface area (Å²) in [6.07, 6.45) is 4.15. The van der Waals surface area contributed by atoms with E-state index in [4.69, 9.17) is 16.3 Å². The number of hydrogen-bond acceptors (Lipinski definition) is 5. The van der Waals surface area contributed by atoms with Crippen molar-refractivity contribution in [2.75, 3.05) is 52.5 Å². The molecule has 3 rings (SSSR count). The van der Waals surface area contributed by atoms with Gasteiger partial charge < -0.3 is 14.7 Å². The molecule has 1 aromatic heterocycles. The van der Waals surface area contributed by atoms with Gasteiger partial charge in [-0.15, -0.1) is 0 Å². The molecule has 0 unspecified atom stereocenters. The Morgan fingerprint density at radius 2 is 2.08 bits per heavy atom. The topological polar surface area (TPSA) is 70.8 Å². The lowest BCUT2D eigenvalue weighted by atomic mass is 9.89. The zero-order valence-electron chi connectivity index (χ0n) is 13.8. The number of likely N-dealkylation sites (tertiary alicyclic amines) is 1. The third kappa shape index (κ3) is 4.69. The standard InChI is InChI=1S/C16H25ClN4O3/c17-15-6-18-21(10-15)11-16(23)20-8-13(5-14(9-20)12-22)7-19-1-3-24-4-2-19/h6,10,13-14,22H,1-5,7-9,11-12H2/t13-,14+/m0/s1. The van der Waals surface area contributed by atoms with Crippen LogP contribution in [0.25, 0.3) is 0 Å². The number of nitrogens with zero attached hydrogens (tertiary/aromatic N) is 4. The van der Waals surface area contributed by atoms with Crippen LogP contribution >= 0.6 is 11.6 Å². The van der Waals surface area contributed by atoms with E-state index in [0.717, 1.165) is 45.8 Å². The third-order valence-electron chi connectivity index (χ3n) is 4.75. The van der Waals surface area contributed by atoms with Crippen LogP contribution in [0, 0.1) is 11.8 Å². The summed E-state index contributed by atoms with van der Waals surface area (Å²) in [6.45, 7) is 6.06. The number of hydrogen-bond donors (Lipinski definition) is 1. The van der Waals surface area contributed by atoms with Crippen molar-refractivity contribution in [3.8, 4) is 0 Å². The number of ether oxygens (including phenoxy) is 1. The molecule has 2 aliphatic rings. The summed E-state index contributed by atoms with van der Waals surface area (Å²) in [5.74, 6) is 0.564. The van der Waals surface area contributed by atoms with Crippen LogP contribution in [0.4, 0.5) is 0 Å². The molecule has 1 N–H and O–H groups in total. The minimum absolute atomic E-state index is 0.0277. The maximum absolute atomic E-state index is 12.6. The van der Waals surface area contributed by atoms with Crippen molar-refractivity contribution < 1.29 is 14.6 Å². The number of carbonyl (C=O) groups is 1. The summed E-state index contributed by atoms with van der Waals surface area (Å²) in [4.78, 5) is 16.8. The Kier molecular flexibility index (Phi) is 6.10. The van der Waals surface area contributed by atoms with E-state index in [1.807, 2.05) is 4.90 Å². The van der Waals surface area contributed by atoms with Crippen molar-refractivity contribution in [1.29, 1.82) is 0 Å². The minimum atomic E-state index is 0.0277. The number of aromatic nitrogens is 2. The van der Waals surface area contributed by atoms with Crippen LogP contribution in [-0.4, -0.2) is 83.1 Å². The first-order valence-corrected chi connectivity index (χ1v) is 8.88. The van der Waals surface area contributed by atoms with Crippen LogP contribution in [0.1, 0.15) is 6.42 Å². The summed E-state index contributed by atoms with van der Waals surface area (Å²) in [5.41, 5.74) is 0. The van der Waals surface area contributed by atoms with E-state index in [2.05, 4.69) is 10.00 Å². The second kappa shape index (κ2) is 8.29. The van der Waals surface area contributed by atoms with Gasteiger partial charge in [-0.1, -0.05) is 11.6 Å². The Hall–Kier alpha value is -1.15. The molecule has 0 aromatic carbocycles. The van der Waals surface area contributed by atoms with E-state index in [1.54, 1.807) is 10.9 Å². The van der Waals surface area contributed by atoms with Gasteiger partial charge in [-0.3, -0.25) is 14.4 Å². The average molecular weight is 357 g/mol. The molecule has 24 heavy (non-hydrogen) atoms. The SMILES string of the molecule is O=C(Cn1cc(Cl)cn1)N1C[C@H](CO)C[C@@H](CN2CCOCC2)C1. The predicted octanol–water partition coefficient (Wildman–Crippen LogP) is 0.326. The van der Waals surface area contributed by atoms with Crippen LogP contribution in [-0.2, 0) is 16.1 Å². The summed E-state index contributed by atoms with van der Waals surface area (Å²) in [7, 11) is 0. The molecule has 134 valence electrons. The van der Waals surface area contributed by atoms with Gasteiger partial charge in [-0.25, -0.2) is 0 Å². The predicted molar refractivity (Wildman–Crippen MR) is 89.8 cm³/mol. The first-order chi connectivity index (χ1) is 11.6. The van der Waals surface area contributed by atoms with Gasteiger partial charge >= 0.3 is 0 Å². The fourth-order valence-electron chi connectivity index (χ4n) is 3.60. The first-order valence-electron chi connectivity index (χ1n) is 8.50. The first kappa shape index (κ1) is 17.7. The summed E-state index contributed by atoms with van der Waals surface area (Å²) < 4.78 is 6.95. The molecular formula is C16H25ClN4O3. The van der Waals surface area contributed by atoms with E-state index in [0.29, 0.717) is 17.5 Å². The molecule has 0 aliphatic carbocycles. The van der Waals surface area contributed by atoms with Crippen LogP contribution in [0.15, 0.2) is 12.4 Å². The number of rotatable bonds is 5. The van der Waals surface area contributed by atoms with Crippen LogP contribution in [0.5, 0.6) is 0 Å². The van der Waals surface area contributed by atoms with Crippen molar-refractivity contribution in [2.45, 2.75) is 13.0 Å². The quantitative estimate of drug-likeness (QED) is 0.823. The Labute approximate surface area is 147 Å². The normalized spacial score (nSPS) is 25.8. The highest BCUT2D eigenvalue weighted by molar-refractivity contribution is 6.30. The van der Waals surface area contributed by atoms with Gasteiger partial charge in [0, 0.05) is 45.5 Å². The van der Waals surface area contributed by atoms with Crippen molar-refractivity contribution in [3.05, 3.63) is 17.4 Å². The minimum Gasteiger partial charge on any atom is -0.396 e. The van der Waals surface area contributed by atoms with E-state index < -0.39 is 0 Å². The molecule has 0 spiro atoms. The van der Waals surface area contributed by atoms with Gasteiger partial charge in [0.15, 0.2) is 0 Å². The lowest BCUT2D eigenvalue weighted by Gasteiger charge is -2.40. The van der Waals surface area contributed by atoms with Gasteiger partial charge in [0.25, 0.3) is 0 Å². The number of carbonyl (C=O) groups excluding carboxylic acids is 1. The Balaban J connectivity index is 1.58. The molecule has 2 fully saturated rings. The molecule has 0 bridgehead atoms. The van der Waals surface area contributed by atoms with E-state index in [9.17, 15) is 9.90 Å². The largest absolute Gasteiger partial charge is 0.396 e. The van der Waals surface area contributed by atoms with Crippen LogP contribution < -0.4 is 0 Å². The van der Waals surface area contributed by atoms with Crippen molar-refractivity contribution in [1.82, 2.24) is 19.6 Å². The molecule has 1 amide bonds. The number of aliphatic hydroxyl groups is 1. The number of morpholine rings is 1. The van der Waals surface area contributed by atoms with Gasteiger partial charge in [0.05, 0.1) is 24.4 Å². The maximum Gasteiger partial charge on any atom is 0.244 e. The van der Waals surface area contributed by atoms with Crippen molar-refractivity contribution >= 4 is 17.5 Å². The molecule has 7 nitrogen and oxygen atoms in total. The summed E-state index contributed by atoms with van der Waals surface area (Å²) in [6, 6.07) is 0. The fraction of sp³-hybridized carbons (Fsp3) is 0.750. The summed E-state index contributed by atoms with van der Waals surface area (Å²) in [5, 5.41) is 14.2. The van der Waals surface area contributed by atoms with Gasteiger partial charge in [0.1, 0.15) is 6.54 Å². The third-order valence-corrected chi connectivity index (χ3v) is 4.95. The van der Waals surface area contributed by atoms with Crippen LogP contribution in [0.3, 0.4) is 0 Å². The molecule has 0 saturated carbocycles. The molecule has 2 saturated heterocycles. The van der Waals surface area contributed by atoms with E-state index >= 15 is 0 Å². The highest BCUT2D eigenvalue weighted by Crippen LogP contribution is 2.23. The lowest BCUT2D eigenvalue weighted by Crippen LogP contribution is -2.50. The number of piperidine rings is 1. The lowest BCUT2D eigenvalue weighted by molar-refractivity contribution is -0.135. The Morgan fingerprint density at radius 3 is 2.75 bits per heavy atom. The zero-order chi connectivity index (χ0) is 16.9. The monoisotopic (exact) mass is 356 g/mol. The number of aliphatic hydroxyl groups excluding tert-OH is 1. The molecule has 3 heterocycles. The van der Waals surface area contributed by atoms with Crippen molar-refractivity contribution in [3.63, 3.8) is 0 Å². The zero-order valence-corrected chi connectivity index (χ0v) is 14.6. The second-order valence-electron chi connectivity index (χ2n) is 6.72. The molecule has 0 radical (unpaired) electrons. The van der Waals surface area contributed by atoms with E-state index in [1.165, 1.54) is 6.20 Å². The molecule has 2 aliphatic heterocycles. The van der Waals surface area contributed by atoms with E-state index in [-0.39, 0.29) is 25.0 Å². The molecule has 1 aromatic rings. The highest BCUT2D eigenvalue weighted by Gasteiger charge is 2.31. The summed E-state index contributed by atoms with van der Waals surface area (Å²) >= 11 is 5.85. The molecular weight excluding hydrogens is 332 g/mol. The smallest absolute Gasteiger partial charge is 0.244 e.